The maximum Gasteiger partial charge on any atom is 0.287 e. The fraction of sp³-hybridized carbons (Fsp3) is 0.167. The zero-order chi connectivity index (χ0) is 17.8. The average Bonchev–Trinajstić information content (AvgIpc) is 3.27. The summed E-state index contributed by atoms with van der Waals surface area (Å²) in [7, 11) is 0. The molecule has 0 bridgehead atoms. The average molecular weight is 354 g/mol. The number of aryl methyl sites for hydroxylation is 2. The third-order valence-corrected chi connectivity index (χ3v) is 5.13. The Kier molecular flexibility index (Phi) is 4.95. The number of hydrazine groups is 1. The number of nitrogens with one attached hydrogen (secondary N) is 3. The number of hydrogen-bond acceptors (Lipinski definition) is 4. The third kappa shape index (κ3) is 3.77. The summed E-state index contributed by atoms with van der Waals surface area (Å²) in [6.45, 7) is 4.02. The molecule has 0 radical (unpaired) electrons. The van der Waals surface area contributed by atoms with E-state index in [0.717, 1.165) is 22.4 Å². The van der Waals surface area contributed by atoms with Crippen LogP contribution in [-0.4, -0.2) is 22.0 Å². The molecule has 0 saturated heterocycles. The molecule has 0 saturated carbocycles. The van der Waals surface area contributed by atoms with Crippen LogP contribution in [0.25, 0.3) is 11.3 Å². The molecule has 7 heteroatoms. The van der Waals surface area contributed by atoms with Crippen molar-refractivity contribution in [3.8, 4) is 11.3 Å². The first-order chi connectivity index (χ1) is 12.1. The molecule has 0 aliphatic rings. The Morgan fingerprint density at radius 3 is 2.52 bits per heavy atom. The number of carbonyl (C=O) groups excluding carboxylic acids is 2. The van der Waals surface area contributed by atoms with Crippen LogP contribution in [0, 0.1) is 6.92 Å². The molecule has 0 fully saturated rings. The van der Waals surface area contributed by atoms with Gasteiger partial charge in [0.1, 0.15) is 5.69 Å². The predicted molar refractivity (Wildman–Crippen MR) is 97.4 cm³/mol. The molecule has 0 aliphatic carbocycles. The highest BCUT2D eigenvalue weighted by Gasteiger charge is 2.15. The van der Waals surface area contributed by atoms with E-state index in [0.29, 0.717) is 10.6 Å². The van der Waals surface area contributed by atoms with Crippen LogP contribution in [0.2, 0.25) is 0 Å². The minimum Gasteiger partial charge on any atom is -0.272 e. The Hall–Kier alpha value is -2.93. The quantitative estimate of drug-likeness (QED) is 0.629. The molecule has 0 spiro atoms. The van der Waals surface area contributed by atoms with Gasteiger partial charge in [-0.2, -0.15) is 5.10 Å². The summed E-state index contributed by atoms with van der Waals surface area (Å²) in [5.74, 6) is -0.782. The second-order valence-electron chi connectivity index (χ2n) is 5.51. The number of H-pyrrole nitrogens is 1. The first-order valence-corrected chi connectivity index (χ1v) is 8.71. The van der Waals surface area contributed by atoms with E-state index in [1.165, 1.54) is 11.3 Å². The van der Waals surface area contributed by atoms with Crippen molar-refractivity contribution in [3.05, 3.63) is 63.5 Å². The maximum absolute atomic E-state index is 12.2. The van der Waals surface area contributed by atoms with Crippen molar-refractivity contribution in [2.24, 2.45) is 0 Å². The minimum atomic E-state index is -0.452. The highest BCUT2D eigenvalue weighted by atomic mass is 32.1. The van der Waals surface area contributed by atoms with Gasteiger partial charge in [-0.05, 0) is 31.0 Å². The van der Waals surface area contributed by atoms with E-state index in [9.17, 15) is 9.59 Å². The standard InChI is InChI=1S/C18H18N4O2S/c1-3-15-11(2)9-16(25-15)18(24)22-21-17(23)14-10-13(19-20-14)12-7-5-4-6-8-12/h4-10H,3H2,1-2H3,(H,19,20)(H,21,23)(H,22,24). The number of carbonyl (C=O) groups is 2. The number of rotatable bonds is 4. The van der Waals surface area contributed by atoms with Crippen molar-refractivity contribution in [3.63, 3.8) is 0 Å². The molecular formula is C18H18N4O2S. The fourth-order valence-corrected chi connectivity index (χ4v) is 3.43. The van der Waals surface area contributed by atoms with Gasteiger partial charge in [0.05, 0.1) is 10.6 Å². The fourth-order valence-electron chi connectivity index (χ4n) is 2.42. The SMILES string of the molecule is CCc1sc(C(=O)NNC(=O)c2cc(-c3ccccc3)n[nH]2)cc1C. The third-order valence-electron chi connectivity index (χ3n) is 3.75. The van der Waals surface area contributed by atoms with Gasteiger partial charge < -0.3 is 0 Å². The highest BCUT2D eigenvalue weighted by molar-refractivity contribution is 7.14. The summed E-state index contributed by atoms with van der Waals surface area (Å²) in [6.07, 6.45) is 0.881. The minimum absolute atomic E-state index is 0.274. The zero-order valence-corrected chi connectivity index (χ0v) is 14.7. The van der Waals surface area contributed by atoms with Crippen molar-refractivity contribution in [1.29, 1.82) is 0 Å². The molecule has 3 rings (SSSR count). The number of nitrogens with zero attached hydrogens (tertiary/aromatic N) is 1. The summed E-state index contributed by atoms with van der Waals surface area (Å²) in [5, 5.41) is 6.80. The van der Waals surface area contributed by atoms with Crippen molar-refractivity contribution >= 4 is 23.2 Å². The van der Waals surface area contributed by atoms with Crippen molar-refractivity contribution < 1.29 is 9.59 Å². The number of aromatic amines is 1. The van der Waals surface area contributed by atoms with Gasteiger partial charge in [0.15, 0.2) is 0 Å². The van der Waals surface area contributed by atoms with Crippen LogP contribution >= 0.6 is 11.3 Å². The molecule has 1 aromatic carbocycles. The Morgan fingerprint density at radius 1 is 1.12 bits per heavy atom. The number of thiophene rings is 1. The van der Waals surface area contributed by atoms with Gasteiger partial charge in [0, 0.05) is 10.4 Å². The lowest BCUT2D eigenvalue weighted by molar-refractivity contribution is 0.0846. The largest absolute Gasteiger partial charge is 0.287 e. The van der Waals surface area contributed by atoms with Crippen LogP contribution in [0.1, 0.15) is 37.5 Å². The van der Waals surface area contributed by atoms with E-state index >= 15 is 0 Å². The van der Waals surface area contributed by atoms with Crippen LogP contribution in [0.15, 0.2) is 42.5 Å². The van der Waals surface area contributed by atoms with Crippen LogP contribution in [-0.2, 0) is 6.42 Å². The lowest BCUT2D eigenvalue weighted by Crippen LogP contribution is -2.41. The van der Waals surface area contributed by atoms with Crippen molar-refractivity contribution in [2.45, 2.75) is 20.3 Å². The molecule has 3 N–H and O–H groups in total. The Morgan fingerprint density at radius 2 is 1.84 bits per heavy atom. The van der Waals surface area contributed by atoms with Gasteiger partial charge >= 0.3 is 0 Å². The predicted octanol–water partition coefficient (Wildman–Crippen LogP) is 3.08. The van der Waals surface area contributed by atoms with Crippen LogP contribution in [0.3, 0.4) is 0 Å². The molecule has 0 aliphatic heterocycles. The maximum atomic E-state index is 12.2. The Labute approximate surface area is 149 Å². The molecular weight excluding hydrogens is 336 g/mol. The lowest BCUT2D eigenvalue weighted by atomic mass is 10.1. The smallest absolute Gasteiger partial charge is 0.272 e. The Balaban J connectivity index is 1.63. The molecule has 2 heterocycles. The number of amides is 2. The normalized spacial score (nSPS) is 10.5. The molecule has 0 unspecified atom stereocenters. The van der Waals surface area contributed by atoms with Gasteiger partial charge in [-0.25, -0.2) is 0 Å². The topological polar surface area (TPSA) is 86.9 Å². The molecule has 2 amide bonds. The van der Waals surface area contributed by atoms with Gasteiger partial charge in [-0.1, -0.05) is 37.3 Å². The summed E-state index contributed by atoms with van der Waals surface area (Å²) in [5.41, 5.74) is 7.77. The van der Waals surface area contributed by atoms with E-state index in [4.69, 9.17) is 0 Å². The zero-order valence-electron chi connectivity index (χ0n) is 13.9. The summed E-state index contributed by atoms with van der Waals surface area (Å²) < 4.78 is 0. The second-order valence-corrected chi connectivity index (χ2v) is 6.65. The van der Waals surface area contributed by atoms with E-state index in [1.54, 1.807) is 6.07 Å². The van der Waals surface area contributed by atoms with Gasteiger partial charge in [0.25, 0.3) is 11.8 Å². The van der Waals surface area contributed by atoms with Crippen molar-refractivity contribution in [2.75, 3.05) is 0 Å². The monoisotopic (exact) mass is 354 g/mol. The summed E-state index contributed by atoms with van der Waals surface area (Å²) >= 11 is 1.43. The first kappa shape index (κ1) is 16.9. The van der Waals surface area contributed by atoms with E-state index in [-0.39, 0.29) is 11.6 Å². The number of aromatic nitrogens is 2. The molecule has 0 atom stereocenters. The van der Waals surface area contributed by atoms with E-state index in [1.807, 2.05) is 50.2 Å². The number of hydrogen-bond donors (Lipinski definition) is 3. The first-order valence-electron chi connectivity index (χ1n) is 7.89. The molecule has 3 aromatic rings. The molecule has 2 aromatic heterocycles. The van der Waals surface area contributed by atoms with E-state index < -0.39 is 5.91 Å². The van der Waals surface area contributed by atoms with Gasteiger partial charge in [-0.15, -0.1) is 11.3 Å². The van der Waals surface area contributed by atoms with Crippen LogP contribution in [0.5, 0.6) is 0 Å². The highest BCUT2D eigenvalue weighted by Crippen LogP contribution is 2.22. The Bertz CT molecular complexity index is 899. The summed E-state index contributed by atoms with van der Waals surface area (Å²) in [6, 6.07) is 13.0. The second kappa shape index (κ2) is 7.31. The molecule has 6 nitrogen and oxygen atoms in total. The van der Waals surface area contributed by atoms with E-state index in [2.05, 4.69) is 21.0 Å². The molecule has 128 valence electrons. The molecule has 25 heavy (non-hydrogen) atoms. The van der Waals surface area contributed by atoms with Gasteiger partial charge in [-0.3, -0.25) is 25.5 Å². The van der Waals surface area contributed by atoms with Crippen molar-refractivity contribution in [1.82, 2.24) is 21.0 Å². The van der Waals surface area contributed by atoms with Crippen LogP contribution in [0.4, 0.5) is 0 Å². The number of benzene rings is 1. The lowest BCUT2D eigenvalue weighted by Gasteiger charge is -2.04. The van der Waals surface area contributed by atoms with Crippen LogP contribution < -0.4 is 10.9 Å². The summed E-state index contributed by atoms with van der Waals surface area (Å²) in [4.78, 5) is 26.0. The van der Waals surface area contributed by atoms with Gasteiger partial charge in [0.2, 0.25) is 0 Å².